The van der Waals surface area contributed by atoms with Crippen LogP contribution in [0.4, 0.5) is 0 Å². The first-order chi connectivity index (χ1) is 13.3. The molecule has 0 saturated carbocycles. The number of nitrogens with zero attached hydrogens (tertiary/aromatic N) is 2. The highest BCUT2D eigenvalue weighted by molar-refractivity contribution is 14.1. The number of benzene rings is 2. The van der Waals surface area contributed by atoms with Gasteiger partial charge in [0.05, 0.1) is 22.1 Å². The Morgan fingerprint density at radius 3 is 2.50 bits per heavy atom. The Kier molecular flexibility index (Phi) is 6.36. The average molecular weight is 513 g/mol. The minimum atomic E-state index is -3.71. The summed E-state index contributed by atoms with van der Waals surface area (Å²) in [6.45, 7) is 4.15. The number of hydrogen-bond donors (Lipinski definition) is 1. The van der Waals surface area contributed by atoms with Crippen molar-refractivity contribution in [3.8, 4) is 17.1 Å². The molecule has 0 aliphatic heterocycles. The number of ether oxygens (including phenoxy) is 1. The normalized spacial score (nSPS) is 11.8. The second-order valence-corrected chi connectivity index (χ2v) is 9.34. The Bertz CT molecular complexity index is 1060. The van der Waals surface area contributed by atoms with Crippen LogP contribution in [0.1, 0.15) is 31.2 Å². The Balaban J connectivity index is 1.70. The van der Waals surface area contributed by atoms with E-state index in [1.807, 2.05) is 46.9 Å². The summed E-state index contributed by atoms with van der Waals surface area (Å²) in [5.74, 6) is 1.66. The van der Waals surface area contributed by atoms with Crippen LogP contribution in [-0.2, 0) is 16.6 Å². The molecule has 7 nitrogen and oxygen atoms in total. The van der Waals surface area contributed by atoms with Crippen molar-refractivity contribution in [1.82, 2.24) is 14.9 Å². The maximum Gasteiger partial charge on any atom is 0.242 e. The van der Waals surface area contributed by atoms with Gasteiger partial charge in [0.1, 0.15) is 5.75 Å². The maximum absolute atomic E-state index is 12.5. The first-order valence-corrected chi connectivity index (χ1v) is 11.1. The van der Waals surface area contributed by atoms with Crippen LogP contribution in [0.2, 0.25) is 0 Å². The monoisotopic (exact) mass is 513 g/mol. The van der Waals surface area contributed by atoms with Gasteiger partial charge < -0.3 is 9.26 Å². The first kappa shape index (κ1) is 20.7. The van der Waals surface area contributed by atoms with Crippen LogP contribution < -0.4 is 9.46 Å². The van der Waals surface area contributed by atoms with Crippen molar-refractivity contribution in [2.75, 3.05) is 7.11 Å². The number of sulfonamides is 1. The molecule has 1 N–H and O–H groups in total. The number of methoxy groups -OCH3 is 1. The van der Waals surface area contributed by atoms with Gasteiger partial charge in [-0.15, -0.1) is 0 Å². The minimum Gasteiger partial charge on any atom is -0.496 e. The molecule has 0 radical (unpaired) electrons. The van der Waals surface area contributed by atoms with Gasteiger partial charge in [0.15, 0.2) is 0 Å². The first-order valence-electron chi connectivity index (χ1n) is 8.56. The SMILES string of the molecule is COc1ccc(S(=O)(=O)NCc2nc(-c3ccc(C(C)C)cc3)no2)cc1I. The maximum atomic E-state index is 12.5. The summed E-state index contributed by atoms with van der Waals surface area (Å²) < 4.78 is 38.5. The van der Waals surface area contributed by atoms with E-state index in [1.165, 1.54) is 24.8 Å². The Morgan fingerprint density at radius 2 is 1.89 bits per heavy atom. The molecule has 3 rings (SSSR count). The van der Waals surface area contributed by atoms with Crippen LogP contribution in [0, 0.1) is 3.57 Å². The number of aromatic nitrogens is 2. The van der Waals surface area contributed by atoms with Crippen LogP contribution in [0.15, 0.2) is 51.9 Å². The molecule has 0 aliphatic rings. The number of nitrogens with one attached hydrogen (secondary N) is 1. The molecule has 0 amide bonds. The fourth-order valence-electron chi connectivity index (χ4n) is 2.52. The van der Waals surface area contributed by atoms with E-state index in [0.717, 1.165) is 5.56 Å². The topological polar surface area (TPSA) is 94.3 Å². The third-order valence-electron chi connectivity index (χ3n) is 4.15. The lowest BCUT2D eigenvalue weighted by Crippen LogP contribution is -2.23. The molecule has 28 heavy (non-hydrogen) atoms. The fourth-order valence-corrected chi connectivity index (χ4v) is 4.46. The molecule has 9 heteroatoms. The predicted molar refractivity (Wildman–Crippen MR) is 114 cm³/mol. The van der Waals surface area contributed by atoms with Gasteiger partial charge in [-0.2, -0.15) is 4.98 Å². The van der Waals surface area contributed by atoms with Crippen molar-refractivity contribution in [3.63, 3.8) is 0 Å². The fraction of sp³-hybridized carbons (Fsp3) is 0.263. The van der Waals surface area contributed by atoms with E-state index in [-0.39, 0.29) is 17.3 Å². The largest absolute Gasteiger partial charge is 0.496 e. The summed E-state index contributed by atoms with van der Waals surface area (Å²) in [7, 11) is -2.18. The number of halogens is 1. The molecule has 0 spiro atoms. The summed E-state index contributed by atoms with van der Waals surface area (Å²) >= 11 is 2.02. The van der Waals surface area contributed by atoms with E-state index in [0.29, 0.717) is 21.1 Å². The van der Waals surface area contributed by atoms with E-state index in [1.54, 1.807) is 6.07 Å². The highest BCUT2D eigenvalue weighted by Crippen LogP contribution is 2.24. The van der Waals surface area contributed by atoms with Gasteiger partial charge in [0.2, 0.25) is 21.7 Å². The van der Waals surface area contributed by atoms with Crippen molar-refractivity contribution in [2.24, 2.45) is 0 Å². The zero-order chi connectivity index (χ0) is 20.3. The molecule has 0 unspecified atom stereocenters. The van der Waals surface area contributed by atoms with E-state index >= 15 is 0 Å². The van der Waals surface area contributed by atoms with Crippen molar-refractivity contribution in [2.45, 2.75) is 31.2 Å². The lowest BCUT2D eigenvalue weighted by atomic mass is 10.0. The van der Waals surface area contributed by atoms with Gasteiger partial charge in [0, 0.05) is 5.56 Å². The van der Waals surface area contributed by atoms with E-state index in [2.05, 4.69) is 28.7 Å². The van der Waals surface area contributed by atoms with E-state index < -0.39 is 10.0 Å². The molecular weight excluding hydrogens is 493 g/mol. The van der Waals surface area contributed by atoms with Crippen molar-refractivity contribution >= 4 is 32.6 Å². The molecule has 148 valence electrons. The van der Waals surface area contributed by atoms with Crippen LogP contribution in [-0.4, -0.2) is 25.7 Å². The van der Waals surface area contributed by atoms with E-state index in [9.17, 15) is 8.42 Å². The molecule has 0 atom stereocenters. The molecular formula is C19H20IN3O4S. The zero-order valence-electron chi connectivity index (χ0n) is 15.6. The summed E-state index contributed by atoms with van der Waals surface area (Å²) in [5, 5.41) is 3.93. The van der Waals surface area contributed by atoms with Gasteiger partial charge in [-0.05, 0) is 52.3 Å². The lowest BCUT2D eigenvalue weighted by Gasteiger charge is -2.07. The third kappa shape index (κ3) is 4.70. The minimum absolute atomic E-state index is 0.0952. The zero-order valence-corrected chi connectivity index (χ0v) is 18.6. The predicted octanol–water partition coefficient (Wildman–Crippen LogP) is 3.95. The Labute approximate surface area is 177 Å². The van der Waals surface area contributed by atoms with Crippen LogP contribution >= 0.6 is 22.6 Å². The highest BCUT2D eigenvalue weighted by atomic mass is 127. The standard InChI is InChI=1S/C19H20IN3O4S/c1-12(2)13-4-6-14(7-5-13)19-22-18(27-23-19)11-21-28(24,25)15-8-9-17(26-3)16(20)10-15/h4-10,12,21H,11H2,1-3H3. The quantitative estimate of drug-likeness (QED) is 0.481. The van der Waals surface area contributed by atoms with Gasteiger partial charge in [-0.3, -0.25) is 0 Å². The molecule has 2 aromatic carbocycles. The summed E-state index contributed by atoms with van der Waals surface area (Å²) in [6, 6.07) is 12.5. The Morgan fingerprint density at radius 1 is 1.18 bits per heavy atom. The van der Waals surface area contributed by atoms with Gasteiger partial charge in [0.25, 0.3) is 0 Å². The third-order valence-corrected chi connectivity index (χ3v) is 6.39. The van der Waals surface area contributed by atoms with Gasteiger partial charge in [-0.25, -0.2) is 13.1 Å². The average Bonchev–Trinajstić information content (AvgIpc) is 3.15. The van der Waals surface area contributed by atoms with Crippen LogP contribution in [0.5, 0.6) is 5.75 Å². The number of rotatable bonds is 7. The molecule has 0 saturated heterocycles. The molecule has 0 aliphatic carbocycles. The van der Waals surface area contributed by atoms with Crippen molar-refractivity contribution in [1.29, 1.82) is 0 Å². The molecule has 0 fully saturated rings. The summed E-state index contributed by atoms with van der Waals surface area (Å²) in [4.78, 5) is 4.41. The lowest BCUT2D eigenvalue weighted by molar-refractivity contribution is 0.376. The smallest absolute Gasteiger partial charge is 0.242 e. The second kappa shape index (κ2) is 8.58. The molecule has 1 heterocycles. The van der Waals surface area contributed by atoms with Gasteiger partial charge >= 0.3 is 0 Å². The second-order valence-electron chi connectivity index (χ2n) is 6.41. The number of hydrogen-bond acceptors (Lipinski definition) is 6. The van der Waals surface area contributed by atoms with Crippen LogP contribution in [0.3, 0.4) is 0 Å². The highest BCUT2D eigenvalue weighted by Gasteiger charge is 2.18. The van der Waals surface area contributed by atoms with Gasteiger partial charge in [-0.1, -0.05) is 43.3 Å². The van der Waals surface area contributed by atoms with E-state index in [4.69, 9.17) is 9.26 Å². The Hall–Kier alpha value is -1.98. The molecule has 0 bridgehead atoms. The van der Waals surface area contributed by atoms with Crippen LogP contribution in [0.25, 0.3) is 11.4 Å². The van der Waals surface area contributed by atoms with Crippen molar-refractivity contribution < 1.29 is 17.7 Å². The summed E-state index contributed by atoms with van der Waals surface area (Å²) in [6.07, 6.45) is 0. The molecule has 1 aromatic heterocycles. The van der Waals surface area contributed by atoms with Crippen molar-refractivity contribution in [3.05, 3.63) is 57.5 Å². The summed E-state index contributed by atoms with van der Waals surface area (Å²) in [5.41, 5.74) is 2.03. The molecule has 3 aromatic rings.